The molecule has 1 atom stereocenters. The first-order valence-electron chi connectivity index (χ1n) is 13.9. The molecule has 1 aliphatic carbocycles. The molecule has 1 saturated carbocycles. The molecule has 2 aromatic rings. The van der Waals surface area contributed by atoms with Crippen LogP contribution in [-0.2, 0) is 81.4 Å². The minimum absolute atomic E-state index is 0. The zero-order chi connectivity index (χ0) is 29.1. The van der Waals surface area contributed by atoms with E-state index in [4.69, 9.17) is 0 Å². The fraction of sp³-hybridized carbons (Fsp3) is 0.562. The Kier molecular flexibility index (Phi) is 16.7. The minimum atomic E-state index is -1.19. The second-order valence-corrected chi connectivity index (χ2v) is 22.7. The molecule has 0 aromatic heterocycles. The van der Waals surface area contributed by atoms with Gasteiger partial charge in [-0.2, -0.15) is 0 Å². The maximum atomic E-state index is 12.8. The standard InChI is InChI=1S/C16H24NOP.C16H26NOP.2Y.2H2/c1-12-8-6-9-13(2)14(12)17-15(18)16(10-7-11-16)19(3,4)5;1-8-14-9-11(2)15(12(3)10-14)17-16(18)13(4)19(5,6)7;;;;/h6,8-9H,7,10-11H2,1-5H3;9-10,13H,8H2,1-7H3;;;2*1H/p+2. The van der Waals surface area contributed by atoms with Crippen molar-refractivity contribution >= 4 is 37.7 Å². The summed E-state index contributed by atoms with van der Waals surface area (Å²) in [7, 11) is -2.34. The third kappa shape index (κ3) is 9.99. The van der Waals surface area contributed by atoms with Gasteiger partial charge in [0, 0.05) is 134 Å². The quantitative estimate of drug-likeness (QED) is 0.280. The molecule has 3 rings (SSSR count). The first-order chi connectivity index (χ1) is 17.4. The smallest absolute Gasteiger partial charge is 0.268 e. The van der Waals surface area contributed by atoms with E-state index in [9.17, 15) is 9.59 Å². The van der Waals surface area contributed by atoms with Crippen LogP contribution in [0.2, 0.25) is 0 Å². The van der Waals surface area contributed by atoms with Gasteiger partial charge in [-0.3, -0.25) is 9.59 Å². The Morgan fingerprint density at radius 3 is 1.65 bits per heavy atom. The summed E-state index contributed by atoms with van der Waals surface area (Å²) >= 11 is 0. The second-order valence-electron chi connectivity index (χ2n) is 12.9. The molecule has 8 heteroatoms. The molecule has 1 aliphatic rings. The first kappa shape index (κ1) is 40.4. The number of para-hydroxylation sites is 1. The van der Waals surface area contributed by atoms with Crippen molar-refractivity contribution in [3.63, 3.8) is 0 Å². The molecule has 1 unspecified atom stereocenters. The Bertz CT molecular complexity index is 1130. The van der Waals surface area contributed by atoms with E-state index in [0.717, 1.165) is 52.9 Å². The van der Waals surface area contributed by atoms with Gasteiger partial charge in [0.1, 0.15) is 5.66 Å². The van der Waals surface area contributed by atoms with Gasteiger partial charge in [-0.25, -0.2) is 0 Å². The molecule has 0 spiro atoms. The minimum Gasteiger partial charge on any atom is -0.322 e. The van der Waals surface area contributed by atoms with Gasteiger partial charge in [0.15, 0.2) is 5.16 Å². The van der Waals surface area contributed by atoms with E-state index in [1.165, 1.54) is 12.0 Å². The van der Waals surface area contributed by atoms with Crippen LogP contribution >= 0.6 is 14.5 Å². The number of aryl methyl sites for hydroxylation is 5. The van der Waals surface area contributed by atoms with Crippen molar-refractivity contribution in [1.29, 1.82) is 0 Å². The third-order valence-electron chi connectivity index (χ3n) is 8.40. The van der Waals surface area contributed by atoms with E-state index in [1.807, 2.05) is 13.0 Å². The van der Waals surface area contributed by atoms with Gasteiger partial charge in [0.2, 0.25) is 0 Å². The molecule has 4 nitrogen and oxygen atoms in total. The molecule has 2 N–H and O–H groups in total. The third-order valence-corrected chi connectivity index (χ3v) is 14.2. The van der Waals surface area contributed by atoms with Gasteiger partial charge >= 0.3 is 0 Å². The van der Waals surface area contributed by atoms with E-state index < -0.39 is 14.5 Å². The van der Waals surface area contributed by atoms with Crippen molar-refractivity contribution in [2.45, 2.75) is 78.0 Å². The molecule has 0 aliphatic heterocycles. The molecule has 0 saturated heterocycles. The summed E-state index contributed by atoms with van der Waals surface area (Å²) < 4.78 is 0. The van der Waals surface area contributed by atoms with Crippen LogP contribution in [0.25, 0.3) is 0 Å². The Morgan fingerprint density at radius 2 is 1.30 bits per heavy atom. The van der Waals surface area contributed by atoms with E-state index >= 15 is 0 Å². The van der Waals surface area contributed by atoms with Crippen LogP contribution in [0.1, 0.15) is 63.8 Å². The Labute approximate surface area is 299 Å². The van der Waals surface area contributed by atoms with Crippen molar-refractivity contribution < 1.29 is 77.9 Å². The Balaban J connectivity index is -0.000000661. The van der Waals surface area contributed by atoms with Gasteiger partial charge < -0.3 is 10.6 Å². The summed E-state index contributed by atoms with van der Waals surface area (Å²) in [6, 6.07) is 10.5. The van der Waals surface area contributed by atoms with Gasteiger partial charge in [0.05, 0.1) is 0 Å². The van der Waals surface area contributed by atoms with Crippen molar-refractivity contribution in [2.75, 3.05) is 50.6 Å². The fourth-order valence-corrected chi connectivity index (χ4v) is 8.08. The molecule has 1 fully saturated rings. The van der Waals surface area contributed by atoms with Crippen molar-refractivity contribution in [3.8, 4) is 0 Å². The number of hydrogen-bond acceptors (Lipinski definition) is 2. The summed E-state index contributed by atoms with van der Waals surface area (Å²) in [5.74, 6) is 0.397. The van der Waals surface area contributed by atoms with Crippen LogP contribution in [0.15, 0.2) is 30.3 Å². The predicted molar refractivity (Wildman–Crippen MR) is 178 cm³/mol. The number of benzene rings is 2. The van der Waals surface area contributed by atoms with Crippen LogP contribution in [-0.4, -0.2) is 62.6 Å². The largest absolute Gasteiger partial charge is 0.322 e. The van der Waals surface area contributed by atoms with Crippen LogP contribution in [0.3, 0.4) is 0 Å². The molecule has 0 bridgehead atoms. The fourth-order valence-electron chi connectivity index (χ4n) is 4.99. The van der Waals surface area contributed by atoms with E-state index in [2.05, 4.69) is 110 Å². The zero-order valence-corrected chi connectivity index (χ0v) is 34.6. The monoisotopic (exact) mass is 740 g/mol. The summed E-state index contributed by atoms with van der Waals surface area (Å²) in [5.41, 5.74) is 8.02. The number of anilines is 2. The maximum absolute atomic E-state index is 12.8. The van der Waals surface area contributed by atoms with Crippen LogP contribution < -0.4 is 10.6 Å². The number of carbonyl (C=O) groups excluding carboxylic acids is 2. The number of hydrogen-bond donors (Lipinski definition) is 2. The summed E-state index contributed by atoms with van der Waals surface area (Å²) in [6.07, 6.45) is 4.33. The summed E-state index contributed by atoms with van der Waals surface area (Å²) in [6.45, 7) is 25.9. The normalized spacial score (nSPS) is 14.7. The van der Waals surface area contributed by atoms with Crippen molar-refractivity contribution in [2.24, 2.45) is 0 Å². The van der Waals surface area contributed by atoms with Gasteiger partial charge in [-0.1, -0.05) is 37.3 Å². The average molecular weight is 741 g/mol. The summed E-state index contributed by atoms with van der Waals surface area (Å²) in [4.78, 5) is 25.1. The number of rotatable bonds is 7. The van der Waals surface area contributed by atoms with Crippen LogP contribution in [0.5, 0.6) is 0 Å². The Morgan fingerprint density at radius 1 is 0.850 bits per heavy atom. The van der Waals surface area contributed by atoms with Crippen LogP contribution in [0, 0.1) is 27.7 Å². The molecule has 220 valence electrons. The Hall–Kier alpha value is 0.448. The predicted octanol–water partition coefficient (Wildman–Crippen LogP) is 8.66. The molecular formula is C32H56N2O2P2Y2+2. The SMILES string of the molecule is CCc1cc(C)c(NC(=O)C(C)[P+](C)(C)C)c(C)c1.Cc1cccc(C)c1NC(=O)C1([P+](C)(C)C)CCC1.[HH].[HH].[Y].[Y]. The molecule has 2 aromatic carbocycles. The van der Waals surface area contributed by atoms with E-state index in [-0.39, 0.29) is 90.9 Å². The maximum Gasteiger partial charge on any atom is 0.268 e. The summed E-state index contributed by atoms with van der Waals surface area (Å²) in [5, 5.41) is 6.26. The topological polar surface area (TPSA) is 58.2 Å². The second kappa shape index (κ2) is 16.5. The number of amides is 2. The molecule has 2 radical (unpaired) electrons. The van der Waals surface area contributed by atoms with Gasteiger partial charge in [-0.05, 0) is 88.1 Å². The van der Waals surface area contributed by atoms with Gasteiger partial charge in [0.25, 0.3) is 11.8 Å². The van der Waals surface area contributed by atoms with Crippen molar-refractivity contribution in [3.05, 3.63) is 58.1 Å². The molecular weight excluding hydrogens is 684 g/mol. The van der Waals surface area contributed by atoms with E-state index in [1.54, 1.807) is 0 Å². The number of carbonyl (C=O) groups is 2. The molecule has 2 amide bonds. The first-order valence-corrected chi connectivity index (χ1v) is 20.2. The molecule has 0 heterocycles. The van der Waals surface area contributed by atoms with Crippen LogP contribution in [0.4, 0.5) is 11.4 Å². The van der Waals surface area contributed by atoms with Crippen molar-refractivity contribution in [1.82, 2.24) is 0 Å². The average Bonchev–Trinajstić information content (AvgIpc) is 2.76. The number of nitrogens with one attached hydrogen (secondary N) is 2. The molecule has 40 heavy (non-hydrogen) atoms. The zero-order valence-electron chi connectivity index (χ0n) is 27.2. The van der Waals surface area contributed by atoms with E-state index in [0.29, 0.717) is 0 Å². The van der Waals surface area contributed by atoms with Gasteiger partial charge in [-0.15, -0.1) is 0 Å².